The highest BCUT2D eigenvalue weighted by Crippen LogP contribution is 2.16. The molecule has 0 saturated carbocycles. The summed E-state index contributed by atoms with van der Waals surface area (Å²) in [5.41, 5.74) is 2.14. The first-order valence-corrected chi connectivity index (χ1v) is 9.01. The zero-order valence-electron chi connectivity index (χ0n) is 15.1. The number of hydrogen-bond donors (Lipinski definition) is 2. The summed E-state index contributed by atoms with van der Waals surface area (Å²) in [4.78, 5) is 17.2. The van der Waals surface area contributed by atoms with E-state index in [1.165, 1.54) is 0 Å². The highest BCUT2D eigenvalue weighted by atomic mass is 16.2. The second kappa shape index (κ2) is 6.87. The fourth-order valence-electron chi connectivity index (χ4n) is 3.52. The number of nitrogens with one attached hydrogen (secondary N) is 2. The maximum atomic E-state index is 12.5. The van der Waals surface area contributed by atoms with Crippen molar-refractivity contribution in [3.05, 3.63) is 41.7 Å². The highest BCUT2D eigenvalue weighted by Gasteiger charge is 2.26. The Bertz CT molecular complexity index is 942. The molecule has 8 nitrogen and oxygen atoms in total. The zero-order valence-corrected chi connectivity index (χ0v) is 15.1. The Kier molecular flexibility index (Phi) is 4.42. The van der Waals surface area contributed by atoms with Gasteiger partial charge in [-0.05, 0) is 26.0 Å². The van der Waals surface area contributed by atoms with Gasteiger partial charge in [-0.15, -0.1) is 10.2 Å². The topological polar surface area (TPSA) is 89.7 Å². The first-order chi connectivity index (χ1) is 12.7. The van der Waals surface area contributed by atoms with Gasteiger partial charge in [0.2, 0.25) is 5.91 Å². The molecular weight excluding hydrogens is 330 g/mol. The van der Waals surface area contributed by atoms with Gasteiger partial charge in [0.25, 0.3) is 0 Å². The SMILES string of the molecule is CCn1c(CCNC(=O)C2Cn3c(C)nnc3CN2)nc2ccccc21. The Hall–Kier alpha value is -2.74. The third-order valence-corrected chi connectivity index (χ3v) is 4.90. The van der Waals surface area contributed by atoms with Gasteiger partial charge in [0.15, 0.2) is 0 Å². The van der Waals surface area contributed by atoms with E-state index in [1.54, 1.807) is 0 Å². The monoisotopic (exact) mass is 353 g/mol. The van der Waals surface area contributed by atoms with Gasteiger partial charge in [0, 0.05) is 26.1 Å². The van der Waals surface area contributed by atoms with Crippen molar-refractivity contribution in [3.63, 3.8) is 0 Å². The smallest absolute Gasteiger partial charge is 0.239 e. The molecular formula is C18H23N7O. The van der Waals surface area contributed by atoms with Crippen LogP contribution in [0.5, 0.6) is 0 Å². The standard InChI is InChI=1S/C18H23N7O/c1-3-24-15-7-5-4-6-13(15)21-16(24)8-9-19-18(26)14-11-25-12(2)22-23-17(25)10-20-14/h4-7,14,20H,3,8-11H2,1-2H3,(H,19,26). The van der Waals surface area contributed by atoms with Crippen molar-refractivity contribution in [2.45, 2.75) is 45.9 Å². The summed E-state index contributed by atoms with van der Waals surface area (Å²) in [5.74, 6) is 2.73. The molecule has 2 aromatic heterocycles. The lowest BCUT2D eigenvalue weighted by Crippen LogP contribution is -2.50. The van der Waals surface area contributed by atoms with Crippen molar-refractivity contribution in [2.24, 2.45) is 0 Å². The van der Waals surface area contributed by atoms with Crippen LogP contribution in [0.15, 0.2) is 24.3 Å². The minimum Gasteiger partial charge on any atom is -0.354 e. The third kappa shape index (κ3) is 2.96. The predicted molar refractivity (Wildman–Crippen MR) is 97.5 cm³/mol. The number of fused-ring (bicyclic) bond motifs is 2. The molecule has 3 aromatic rings. The van der Waals surface area contributed by atoms with Gasteiger partial charge < -0.3 is 14.5 Å². The summed E-state index contributed by atoms with van der Waals surface area (Å²) in [7, 11) is 0. The van der Waals surface area contributed by atoms with Gasteiger partial charge >= 0.3 is 0 Å². The van der Waals surface area contributed by atoms with Gasteiger partial charge in [-0.3, -0.25) is 10.1 Å². The van der Waals surface area contributed by atoms with E-state index in [2.05, 4.69) is 38.4 Å². The van der Waals surface area contributed by atoms with Gasteiger partial charge in [0.1, 0.15) is 23.5 Å². The van der Waals surface area contributed by atoms with Gasteiger partial charge in [0.05, 0.1) is 17.6 Å². The number of para-hydroxylation sites is 2. The minimum atomic E-state index is -0.262. The number of benzene rings is 1. The first kappa shape index (κ1) is 16.7. The van der Waals surface area contributed by atoms with Gasteiger partial charge in [-0.25, -0.2) is 4.98 Å². The van der Waals surface area contributed by atoms with E-state index in [0.29, 0.717) is 26.1 Å². The van der Waals surface area contributed by atoms with Crippen LogP contribution in [-0.2, 0) is 30.8 Å². The van der Waals surface area contributed by atoms with Crippen LogP contribution < -0.4 is 10.6 Å². The molecule has 1 amide bonds. The van der Waals surface area contributed by atoms with Gasteiger partial charge in [-0.1, -0.05) is 12.1 Å². The van der Waals surface area contributed by atoms with E-state index in [-0.39, 0.29) is 11.9 Å². The van der Waals surface area contributed by atoms with Crippen molar-refractivity contribution >= 4 is 16.9 Å². The molecule has 0 spiro atoms. The molecule has 136 valence electrons. The van der Waals surface area contributed by atoms with Crippen LogP contribution in [0.2, 0.25) is 0 Å². The van der Waals surface area contributed by atoms with E-state index in [1.807, 2.05) is 29.7 Å². The second-order valence-corrected chi connectivity index (χ2v) is 6.51. The maximum absolute atomic E-state index is 12.5. The van der Waals surface area contributed by atoms with Crippen molar-refractivity contribution < 1.29 is 4.79 Å². The number of imidazole rings is 1. The van der Waals surface area contributed by atoms with E-state index in [0.717, 1.165) is 35.1 Å². The van der Waals surface area contributed by atoms with Gasteiger partial charge in [-0.2, -0.15) is 0 Å². The maximum Gasteiger partial charge on any atom is 0.239 e. The summed E-state index contributed by atoms with van der Waals surface area (Å²) in [5, 5.41) is 14.4. The summed E-state index contributed by atoms with van der Waals surface area (Å²) >= 11 is 0. The lowest BCUT2D eigenvalue weighted by Gasteiger charge is -2.24. The lowest BCUT2D eigenvalue weighted by molar-refractivity contribution is -0.123. The molecule has 1 unspecified atom stereocenters. The molecule has 0 radical (unpaired) electrons. The summed E-state index contributed by atoms with van der Waals surface area (Å²) < 4.78 is 4.20. The van der Waals surface area contributed by atoms with E-state index < -0.39 is 0 Å². The minimum absolute atomic E-state index is 0.00269. The molecule has 2 N–H and O–H groups in total. The van der Waals surface area contributed by atoms with Crippen LogP contribution in [0.25, 0.3) is 11.0 Å². The molecule has 4 rings (SSSR count). The van der Waals surface area contributed by atoms with E-state index in [9.17, 15) is 4.79 Å². The molecule has 0 saturated heterocycles. The number of carbonyl (C=O) groups excluding carboxylic acids is 1. The summed E-state index contributed by atoms with van der Waals surface area (Å²) in [6.07, 6.45) is 0.706. The number of rotatable bonds is 5. The molecule has 1 aromatic carbocycles. The van der Waals surface area contributed by atoms with Crippen LogP contribution >= 0.6 is 0 Å². The first-order valence-electron chi connectivity index (χ1n) is 9.01. The van der Waals surface area contributed by atoms with Crippen LogP contribution in [0.3, 0.4) is 0 Å². The molecule has 1 aliphatic heterocycles. The second-order valence-electron chi connectivity index (χ2n) is 6.51. The molecule has 8 heteroatoms. The third-order valence-electron chi connectivity index (χ3n) is 4.90. The fraction of sp³-hybridized carbons (Fsp3) is 0.444. The Balaban J connectivity index is 1.38. The summed E-state index contributed by atoms with van der Waals surface area (Å²) in [6, 6.07) is 7.87. The average Bonchev–Trinajstić information content (AvgIpc) is 3.21. The van der Waals surface area contributed by atoms with Crippen molar-refractivity contribution in [1.82, 2.24) is 34.9 Å². The Labute approximate surface area is 151 Å². The number of nitrogens with zero attached hydrogens (tertiary/aromatic N) is 5. The average molecular weight is 353 g/mol. The number of aryl methyl sites for hydroxylation is 2. The number of aromatic nitrogens is 5. The van der Waals surface area contributed by atoms with Crippen LogP contribution in [0, 0.1) is 6.92 Å². The normalized spacial score (nSPS) is 16.6. The van der Waals surface area contributed by atoms with Crippen LogP contribution in [0.1, 0.15) is 24.4 Å². The van der Waals surface area contributed by atoms with E-state index in [4.69, 9.17) is 4.98 Å². The van der Waals surface area contributed by atoms with E-state index >= 15 is 0 Å². The lowest BCUT2D eigenvalue weighted by atomic mass is 10.2. The molecule has 1 aliphatic rings. The summed E-state index contributed by atoms with van der Waals surface area (Å²) in [6.45, 7) is 6.57. The molecule has 26 heavy (non-hydrogen) atoms. The Morgan fingerprint density at radius 2 is 2.19 bits per heavy atom. The Morgan fingerprint density at radius 1 is 1.35 bits per heavy atom. The molecule has 1 atom stereocenters. The molecule has 0 fully saturated rings. The number of hydrogen-bond acceptors (Lipinski definition) is 5. The van der Waals surface area contributed by atoms with Crippen LogP contribution in [-0.4, -0.2) is 42.8 Å². The zero-order chi connectivity index (χ0) is 18.1. The number of carbonyl (C=O) groups is 1. The molecule has 3 heterocycles. The number of amides is 1. The predicted octanol–water partition coefficient (Wildman–Crippen LogP) is 0.787. The largest absolute Gasteiger partial charge is 0.354 e. The molecule has 0 bridgehead atoms. The Morgan fingerprint density at radius 3 is 3.04 bits per heavy atom. The van der Waals surface area contributed by atoms with Crippen molar-refractivity contribution in [3.8, 4) is 0 Å². The van der Waals surface area contributed by atoms with Crippen LogP contribution in [0.4, 0.5) is 0 Å². The highest BCUT2D eigenvalue weighted by molar-refractivity contribution is 5.81. The quantitative estimate of drug-likeness (QED) is 0.708. The van der Waals surface area contributed by atoms with Crippen molar-refractivity contribution in [2.75, 3.05) is 6.54 Å². The fourth-order valence-corrected chi connectivity index (χ4v) is 3.52. The van der Waals surface area contributed by atoms with Crippen molar-refractivity contribution in [1.29, 1.82) is 0 Å². The molecule has 0 aliphatic carbocycles.